The molecule has 1 atom stereocenters. The van der Waals surface area contributed by atoms with Gasteiger partial charge in [0.15, 0.2) is 0 Å². The molecule has 0 saturated carbocycles. The van der Waals surface area contributed by atoms with Crippen LogP contribution in [0.3, 0.4) is 0 Å². The van der Waals surface area contributed by atoms with E-state index in [1.54, 1.807) is 0 Å². The minimum atomic E-state index is -0.00809. The summed E-state index contributed by atoms with van der Waals surface area (Å²) in [5, 5.41) is 6.03. The van der Waals surface area contributed by atoms with Crippen LogP contribution in [0.5, 0.6) is 0 Å². The molecule has 6 heteroatoms. The number of nitrogens with one attached hydrogen (secondary N) is 2. The van der Waals surface area contributed by atoms with Crippen LogP contribution < -0.4 is 10.6 Å². The van der Waals surface area contributed by atoms with Crippen molar-refractivity contribution in [2.75, 3.05) is 39.3 Å². The molecule has 1 aromatic rings. The summed E-state index contributed by atoms with van der Waals surface area (Å²) >= 11 is 0. The van der Waals surface area contributed by atoms with Gasteiger partial charge < -0.3 is 20.4 Å². The molecule has 0 bridgehead atoms. The fraction of sp³-hybridized carbons (Fsp3) is 0.636. The normalized spacial score (nSPS) is 20.4. The Labute approximate surface area is 168 Å². The average Bonchev–Trinajstić information content (AvgIpc) is 3.21. The zero-order chi connectivity index (χ0) is 19.9. The van der Waals surface area contributed by atoms with E-state index in [0.29, 0.717) is 18.7 Å². The van der Waals surface area contributed by atoms with E-state index in [1.165, 1.54) is 12.8 Å². The highest BCUT2D eigenvalue weighted by atomic mass is 16.2. The molecule has 2 saturated heterocycles. The third-order valence-electron chi connectivity index (χ3n) is 5.65. The highest BCUT2D eigenvalue weighted by Crippen LogP contribution is 2.27. The second-order valence-corrected chi connectivity index (χ2v) is 8.32. The number of piperidine rings is 1. The molecule has 0 aliphatic carbocycles. The third-order valence-corrected chi connectivity index (χ3v) is 5.65. The molecule has 0 radical (unpaired) electrons. The lowest BCUT2D eigenvalue weighted by molar-refractivity contribution is 0.0949. The first-order valence-electron chi connectivity index (χ1n) is 10.7. The molecule has 2 aliphatic heterocycles. The van der Waals surface area contributed by atoms with Gasteiger partial charge in [-0.05, 0) is 70.3 Å². The lowest BCUT2D eigenvalue weighted by atomic mass is 9.89. The van der Waals surface area contributed by atoms with Gasteiger partial charge in [0.25, 0.3) is 5.91 Å². The van der Waals surface area contributed by atoms with Gasteiger partial charge in [0, 0.05) is 43.7 Å². The van der Waals surface area contributed by atoms with Crippen LogP contribution >= 0.6 is 0 Å². The van der Waals surface area contributed by atoms with Crippen LogP contribution in [0, 0.1) is 0 Å². The van der Waals surface area contributed by atoms with Gasteiger partial charge in [-0.25, -0.2) is 4.79 Å². The molecular formula is C22H34N4O2. The zero-order valence-corrected chi connectivity index (χ0v) is 17.2. The van der Waals surface area contributed by atoms with Crippen molar-refractivity contribution in [3.05, 3.63) is 35.4 Å². The van der Waals surface area contributed by atoms with Gasteiger partial charge >= 0.3 is 6.03 Å². The van der Waals surface area contributed by atoms with Gasteiger partial charge in [0.2, 0.25) is 0 Å². The number of likely N-dealkylation sites (tertiary alicyclic amines) is 2. The summed E-state index contributed by atoms with van der Waals surface area (Å²) in [4.78, 5) is 29.2. The van der Waals surface area contributed by atoms with Crippen molar-refractivity contribution in [2.45, 2.75) is 51.5 Å². The first-order valence-corrected chi connectivity index (χ1v) is 10.7. The smallest absolute Gasteiger partial charge is 0.317 e. The minimum absolute atomic E-state index is 0.00809. The average molecular weight is 387 g/mol. The Balaban J connectivity index is 1.55. The number of urea groups is 1. The van der Waals surface area contributed by atoms with Crippen LogP contribution in [0.4, 0.5) is 4.79 Å². The fourth-order valence-corrected chi connectivity index (χ4v) is 4.14. The summed E-state index contributed by atoms with van der Waals surface area (Å²) in [6.45, 7) is 9.37. The highest BCUT2D eigenvalue weighted by molar-refractivity contribution is 5.94. The van der Waals surface area contributed by atoms with E-state index < -0.39 is 0 Å². The van der Waals surface area contributed by atoms with Crippen molar-refractivity contribution < 1.29 is 9.59 Å². The number of carbonyl (C=O) groups is 2. The molecule has 3 rings (SSSR count). The first-order chi connectivity index (χ1) is 13.5. The van der Waals surface area contributed by atoms with Gasteiger partial charge in [0.05, 0.1) is 0 Å². The van der Waals surface area contributed by atoms with Crippen LogP contribution in [0.1, 0.15) is 61.4 Å². The van der Waals surface area contributed by atoms with E-state index in [0.717, 1.165) is 44.6 Å². The Morgan fingerprint density at radius 3 is 2.68 bits per heavy atom. The lowest BCUT2D eigenvalue weighted by Crippen LogP contribution is -2.47. The second-order valence-electron chi connectivity index (χ2n) is 8.32. The number of hydrogen-bond donors (Lipinski definition) is 2. The molecule has 28 heavy (non-hydrogen) atoms. The molecular weight excluding hydrogens is 352 g/mol. The molecule has 3 amide bonds. The predicted octanol–water partition coefficient (Wildman–Crippen LogP) is 2.81. The van der Waals surface area contributed by atoms with E-state index in [9.17, 15) is 9.59 Å². The topological polar surface area (TPSA) is 64.7 Å². The van der Waals surface area contributed by atoms with E-state index in [4.69, 9.17) is 0 Å². The van der Waals surface area contributed by atoms with Crippen molar-refractivity contribution in [3.8, 4) is 0 Å². The number of benzene rings is 1. The number of rotatable bonds is 6. The maximum atomic E-state index is 12.5. The summed E-state index contributed by atoms with van der Waals surface area (Å²) in [6.07, 6.45) is 4.57. The standard InChI is InChI=1S/C22H34N4O2/c1-17(2)24-22(28)26-13-6-9-20(16-26)18-7-5-8-19(15-18)21(27)23-10-14-25-11-3-4-12-25/h5,7-8,15,17,20H,3-4,6,9-14,16H2,1-2H3,(H,23,27)(H,24,28)/t20-/m0/s1. The maximum Gasteiger partial charge on any atom is 0.317 e. The van der Waals surface area contributed by atoms with Gasteiger partial charge in [-0.2, -0.15) is 0 Å². The Hall–Kier alpha value is -2.08. The van der Waals surface area contributed by atoms with E-state index in [-0.39, 0.29) is 23.9 Å². The van der Waals surface area contributed by atoms with Crippen LogP contribution in [-0.2, 0) is 0 Å². The van der Waals surface area contributed by atoms with Crippen molar-refractivity contribution in [2.24, 2.45) is 0 Å². The number of amides is 3. The van der Waals surface area contributed by atoms with E-state index in [2.05, 4.69) is 21.6 Å². The Morgan fingerprint density at radius 1 is 1.14 bits per heavy atom. The molecule has 2 fully saturated rings. The number of nitrogens with zero attached hydrogens (tertiary/aromatic N) is 2. The molecule has 6 nitrogen and oxygen atoms in total. The summed E-state index contributed by atoms with van der Waals surface area (Å²) < 4.78 is 0. The minimum Gasteiger partial charge on any atom is -0.351 e. The quantitative estimate of drug-likeness (QED) is 0.790. The molecule has 0 unspecified atom stereocenters. The Bertz CT molecular complexity index is 670. The van der Waals surface area contributed by atoms with Crippen LogP contribution in [0.15, 0.2) is 24.3 Å². The molecule has 2 aliphatic rings. The molecule has 1 aromatic carbocycles. The van der Waals surface area contributed by atoms with Gasteiger partial charge in [0.1, 0.15) is 0 Å². The lowest BCUT2D eigenvalue weighted by Gasteiger charge is -2.33. The predicted molar refractivity (Wildman–Crippen MR) is 112 cm³/mol. The van der Waals surface area contributed by atoms with Crippen molar-refractivity contribution >= 4 is 11.9 Å². The number of carbonyl (C=O) groups excluding carboxylic acids is 2. The van der Waals surface area contributed by atoms with Crippen molar-refractivity contribution in [1.82, 2.24) is 20.4 Å². The third kappa shape index (κ3) is 5.71. The zero-order valence-electron chi connectivity index (χ0n) is 17.2. The summed E-state index contributed by atoms with van der Waals surface area (Å²) in [5.41, 5.74) is 1.86. The van der Waals surface area contributed by atoms with Gasteiger partial charge in [-0.3, -0.25) is 4.79 Å². The largest absolute Gasteiger partial charge is 0.351 e. The molecule has 2 heterocycles. The van der Waals surface area contributed by atoms with Crippen LogP contribution in [0.2, 0.25) is 0 Å². The molecule has 0 spiro atoms. The van der Waals surface area contributed by atoms with E-state index >= 15 is 0 Å². The SMILES string of the molecule is CC(C)NC(=O)N1CCC[C@H](c2cccc(C(=O)NCCN3CCCC3)c2)C1. The van der Waals surface area contributed by atoms with Crippen LogP contribution in [0.25, 0.3) is 0 Å². The monoisotopic (exact) mass is 386 g/mol. The van der Waals surface area contributed by atoms with Crippen molar-refractivity contribution in [3.63, 3.8) is 0 Å². The highest BCUT2D eigenvalue weighted by Gasteiger charge is 2.25. The Kier molecular flexibility index (Phi) is 7.31. The molecule has 2 N–H and O–H groups in total. The number of hydrogen-bond acceptors (Lipinski definition) is 3. The summed E-state index contributed by atoms with van der Waals surface area (Å²) in [6, 6.07) is 8.06. The first kappa shape index (κ1) is 20.6. The van der Waals surface area contributed by atoms with Gasteiger partial charge in [-0.15, -0.1) is 0 Å². The fourth-order valence-electron chi connectivity index (χ4n) is 4.14. The van der Waals surface area contributed by atoms with Gasteiger partial charge in [-0.1, -0.05) is 12.1 Å². The van der Waals surface area contributed by atoms with Crippen LogP contribution in [-0.4, -0.2) is 67.0 Å². The maximum absolute atomic E-state index is 12.5. The molecule has 0 aromatic heterocycles. The molecule has 154 valence electrons. The summed E-state index contributed by atoms with van der Waals surface area (Å²) in [7, 11) is 0. The van der Waals surface area contributed by atoms with Crippen molar-refractivity contribution in [1.29, 1.82) is 0 Å². The summed E-state index contributed by atoms with van der Waals surface area (Å²) in [5.74, 6) is 0.273. The Morgan fingerprint density at radius 2 is 1.93 bits per heavy atom. The second kappa shape index (κ2) is 9.92. The van der Waals surface area contributed by atoms with E-state index in [1.807, 2.05) is 36.9 Å².